The van der Waals surface area contributed by atoms with Crippen molar-refractivity contribution in [3.63, 3.8) is 0 Å². The number of para-hydroxylation sites is 1. The van der Waals surface area contributed by atoms with Gasteiger partial charge in [0.05, 0.1) is 17.9 Å². The molecule has 1 saturated carbocycles. The molecule has 0 radical (unpaired) electrons. The van der Waals surface area contributed by atoms with Crippen LogP contribution in [-0.2, 0) is 6.54 Å². The minimum absolute atomic E-state index is 0.176. The van der Waals surface area contributed by atoms with Gasteiger partial charge in [-0.25, -0.2) is 4.52 Å². The lowest BCUT2D eigenvalue weighted by atomic mass is 10.0. The Labute approximate surface area is 198 Å². The van der Waals surface area contributed by atoms with Gasteiger partial charge in [-0.2, -0.15) is 4.98 Å². The highest BCUT2D eigenvalue weighted by molar-refractivity contribution is 5.96. The molecule has 34 heavy (non-hydrogen) atoms. The van der Waals surface area contributed by atoms with Gasteiger partial charge >= 0.3 is 0 Å². The number of carbonyl (C=O) groups excluding carboxylic acids is 1. The second-order valence-corrected chi connectivity index (χ2v) is 8.80. The van der Waals surface area contributed by atoms with Crippen LogP contribution in [0, 0.1) is 12.8 Å². The molecule has 3 aromatic heterocycles. The van der Waals surface area contributed by atoms with E-state index >= 15 is 0 Å². The van der Waals surface area contributed by atoms with Crippen molar-refractivity contribution < 1.29 is 9.53 Å². The molecule has 174 valence electrons. The average molecular weight is 457 g/mol. The van der Waals surface area contributed by atoms with E-state index in [0.717, 1.165) is 29.0 Å². The Kier molecular flexibility index (Phi) is 6.12. The fourth-order valence-corrected chi connectivity index (χ4v) is 4.45. The van der Waals surface area contributed by atoms with Crippen molar-refractivity contribution >= 4 is 17.5 Å². The number of fused-ring (bicyclic) bond motifs is 1. The Balaban J connectivity index is 1.30. The van der Waals surface area contributed by atoms with E-state index in [2.05, 4.69) is 20.4 Å². The van der Waals surface area contributed by atoms with Crippen molar-refractivity contribution in [2.75, 3.05) is 12.3 Å². The number of anilines is 1. The summed E-state index contributed by atoms with van der Waals surface area (Å²) in [4.78, 5) is 21.7. The zero-order chi connectivity index (χ0) is 23.5. The summed E-state index contributed by atoms with van der Waals surface area (Å²) < 4.78 is 7.72. The van der Waals surface area contributed by atoms with E-state index in [1.807, 2.05) is 49.4 Å². The van der Waals surface area contributed by atoms with Crippen LogP contribution in [0.2, 0.25) is 0 Å². The number of nitrogen functional groups attached to an aromatic ring is 1. The number of amides is 1. The molecular formula is C26H28N6O2. The van der Waals surface area contributed by atoms with Crippen LogP contribution in [0.15, 0.2) is 54.9 Å². The van der Waals surface area contributed by atoms with Gasteiger partial charge in [-0.15, -0.1) is 5.10 Å². The molecule has 0 aliphatic heterocycles. The molecule has 3 heterocycles. The van der Waals surface area contributed by atoms with Crippen molar-refractivity contribution in [3.8, 4) is 16.9 Å². The molecule has 8 heteroatoms. The summed E-state index contributed by atoms with van der Waals surface area (Å²) in [5.74, 6) is 1.50. The van der Waals surface area contributed by atoms with Crippen LogP contribution in [0.3, 0.4) is 0 Å². The second-order valence-electron chi connectivity index (χ2n) is 8.80. The number of ether oxygens (including phenoxy) is 1. The highest BCUT2D eigenvalue weighted by Gasteiger charge is 2.17. The molecule has 1 aromatic carbocycles. The zero-order valence-corrected chi connectivity index (χ0v) is 19.2. The molecule has 3 N–H and O–H groups in total. The molecule has 1 aliphatic rings. The van der Waals surface area contributed by atoms with E-state index in [9.17, 15) is 4.79 Å². The molecule has 0 unspecified atom stereocenters. The van der Waals surface area contributed by atoms with Crippen molar-refractivity contribution in [3.05, 3.63) is 71.7 Å². The van der Waals surface area contributed by atoms with E-state index in [-0.39, 0.29) is 11.9 Å². The summed E-state index contributed by atoms with van der Waals surface area (Å²) in [5.41, 5.74) is 10.2. The third kappa shape index (κ3) is 4.71. The van der Waals surface area contributed by atoms with Gasteiger partial charge in [-0.1, -0.05) is 31.0 Å². The third-order valence-electron chi connectivity index (χ3n) is 6.38. The molecule has 8 nitrogen and oxygen atoms in total. The van der Waals surface area contributed by atoms with Crippen molar-refractivity contribution in [1.29, 1.82) is 0 Å². The fraction of sp³-hybridized carbons (Fsp3) is 0.308. The number of nitrogens with one attached hydrogen (secondary N) is 1. The average Bonchev–Trinajstić information content (AvgIpc) is 3.50. The van der Waals surface area contributed by atoms with Crippen LogP contribution in [0.25, 0.3) is 16.8 Å². The number of nitrogens with zero attached hydrogens (tertiary/aromatic N) is 4. The molecular weight excluding hydrogens is 428 g/mol. The lowest BCUT2D eigenvalue weighted by Gasteiger charge is -2.15. The lowest BCUT2D eigenvalue weighted by molar-refractivity contribution is 0.0949. The topological polar surface area (TPSA) is 107 Å². The fourth-order valence-electron chi connectivity index (χ4n) is 4.45. The van der Waals surface area contributed by atoms with E-state index in [4.69, 9.17) is 10.5 Å². The van der Waals surface area contributed by atoms with E-state index in [1.165, 1.54) is 25.7 Å². The first-order chi connectivity index (χ1) is 16.6. The highest BCUT2D eigenvalue weighted by atomic mass is 16.5. The highest BCUT2D eigenvalue weighted by Crippen LogP contribution is 2.27. The first-order valence-corrected chi connectivity index (χ1v) is 11.6. The summed E-state index contributed by atoms with van der Waals surface area (Å²) in [7, 11) is 0. The number of carbonyl (C=O) groups is 1. The quantitative estimate of drug-likeness (QED) is 0.432. The smallest absolute Gasteiger partial charge is 0.253 e. The van der Waals surface area contributed by atoms with Crippen molar-refractivity contribution in [1.82, 2.24) is 24.9 Å². The SMILES string of the molecule is Cc1ncc(-c2ccn3nc(N)nc3c2)cc1C(=O)NCc1ccccc1OCC1CCCC1. The first kappa shape index (κ1) is 21.9. The molecule has 1 fully saturated rings. The van der Waals surface area contributed by atoms with Crippen LogP contribution >= 0.6 is 0 Å². The Hall–Kier alpha value is -3.94. The maximum absolute atomic E-state index is 13.1. The molecule has 1 amide bonds. The Morgan fingerprint density at radius 2 is 2.00 bits per heavy atom. The molecule has 5 rings (SSSR count). The van der Waals surface area contributed by atoms with Crippen molar-refractivity contribution in [2.24, 2.45) is 5.92 Å². The van der Waals surface area contributed by atoms with E-state index in [0.29, 0.717) is 29.4 Å². The van der Waals surface area contributed by atoms with Crippen LogP contribution in [0.5, 0.6) is 5.75 Å². The van der Waals surface area contributed by atoms with Gasteiger partial charge in [0, 0.05) is 30.1 Å². The van der Waals surface area contributed by atoms with Gasteiger partial charge < -0.3 is 15.8 Å². The number of aromatic nitrogens is 4. The summed E-state index contributed by atoms with van der Waals surface area (Å²) in [6.45, 7) is 2.95. The molecule has 0 spiro atoms. The first-order valence-electron chi connectivity index (χ1n) is 11.6. The monoisotopic (exact) mass is 456 g/mol. The maximum Gasteiger partial charge on any atom is 0.253 e. The van der Waals surface area contributed by atoms with Gasteiger partial charge in [-0.3, -0.25) is 9.78 Å². The summed E-state index contributed by atoms with van der Waals surface area (Å²) in [6, 6.07) is 13.5. The number of benzene rings is 1. The minimum atomic E-state index is -0.176. The number of hydrogen-bond acceptors (Lipinski definition) is 6. The van der Waals surface area contributed by atoms with Gasteiger partial charge in [-0.05, 0) is 55.5 Å². The zero-order valence-electron chi connectivity index (χ0n) is 19.2. The van der Waals surface area contributed by atoms with Gasteiger partial charge in [0.1, 0.15) is 5.75 Å². The normalized spacial score (nSPS) is 13.9. The molecule has 0 atom stereocenters. The number of nitrogens with two attached hydrogens (primary N) is 1. The Morgan fingerprint density at radius 1 is 1.18 bits per heavy atom. The van der Waals surface area contributed by atoms with Crippen LogP contribution in [0.1, 0.15) is 47.3 Å². The van der Waals surface area contributed by atoms with Crippen molar-refractivity contribution in [2.45, 2.75) is 39.2 Å². The van der Waals surface area contributed by atoms with Gasteiger partial charge in [0.2, 0.25) is 5.95 Å². The Bertz CT molecular complexity index is 1330. The predicted molar refractivity (Wildman–Crippen MR) is 130 cm³/mol. The second kappa shape index (κ2) is 9.51. The summed E-state index contributed by atoms with van der Waals surface area (Å²) in [5, 5.41) is 7.13. The number of hydrogen-bond donors (Lipinski definition) is 2. The summed E-state index contributed by atoms with van der Waals surface area (Å²) >= 11 is 0. The standard InChI is InChI=1S/C26H28N6O2/c1-17-22(12-21(15-28-17)19-10-11-32-24(13-19)30-26(27)31-32)25(33)29-14-20-8-4-5-9-23(20)34-16-18-6-2-3-7-18/h4-5,8-13,15,18H,2-3,6-7,14,16H2,1H3,(H2,27,31)(H,29,33). The molecule has 4 aromatic rings. The largest absolute Gasteiger partial charge is 0.493 e. The lowest BCUT2D eigenvalue weighted by Crippen LogP contribution is -2.24. The van der Waals surface area contributed by atoms with Crippen LogP contribution in [0.4, 0.5) is 5.95 Å². The van der Waals surface area contributed by atoms with Gasteiger partial charge in [0.25, 0.3) is 5.91 Å². The van der Waals surface area contributed by atoms with Crippen LogP contribution in [-0.4, -0.2) is 32.1 Å². The van der Waals surface area contributed by atoms with E-state index in [1.54, 1.807) is 16.9 Å². The molecule has 0 bridgehead atoms. The maximum atomic E-state index is 13.1. The number of aryl methyl sites for hydroxylation is 1. The van der Waals surface area contributed by atoms with Crippen LogP contribution < -0.4 is 15.8 Å². The van der Waals surface area contributed by atoms with Gasteiger partial charge in [0.15, 0.2) is 5.65 Å². The number of rotatable bonds is 7. The van der Waals surface area contributed by atoms with E-state index < -0.39 is 0 Å². The molecule has 1 aliphatic carbocycles. The minimum Gasteiger partial charge on any atom is -0.493 e. The molecule has 0 saturated heterocycles. The summed E-state index contributed by atoms with van der Waals surface area (Å²) in [6.07, 6.45) is 8.59. The Morgan fingerprint density at radius 3 is 2.85 bits per heavy atom. The number of pyridine rings is 2. The predicted octanol–water partition coefficient (Wildman–Crippen LogP) is 4.18. The third-order valence-corrected chi connectivity index (χ3v) is 6.38.